The van der Waals surface area contributed by atoms with E-state index in [9.17, 15) is 9.90 Å². The van der Waals surface area contributed by atoms with Crippen LogP contribution in [-0.2, 0) is 10.2 Å². The molecular weight excluding hydrogens is 278 g/mol. The van der Waals surface area contributed by atoms with Crippen molar-refractivity contribution in [3.63, 3.8) is 0 Å². The number of rotatable bonds is 3. The molecule has 0 spiro atoms. The van der Waals surface area contributed by atoms with Gasteiger partial charge >= 0.3 is 5.97 Å². The summed E-state index contributed by atoms with van der Waals surface area (Å²) in [5.41, 5.74) is 2.47. The molecule has 0 saturated carbocycles. The van der Waals surface area contributed by atoms with Crippen LogP contribution in [0.15, 0.2) is 58.6 Å². The molecular formula is C18H17NO3. The standard InChI is InChI=1S/C18H17NO3/c1-12-11-18(17(20)21,16-10-13(2)22-19-16)9-8-15(12)14-6-4-3-5-7-14/h3-10H,11H2,1-2H3,(H,20,21). The number of aromatic nitrogens is 1. The maximum atomic E-state index is 11.9. The Morgan fingerprint density at radius 2 is 2.00 bits per heavy atom. The lowest BCUT2D eigenvalue weighted by Gasteiger charge is -2.28. The van der Waals surface area contributed by atoms with Crippen LogP contribution in [0.4, 0.5) is 0 Å². The zero-order valence-corrected chi connectivity index (χ0v) is 12.5. The second kappa shape index (κ2) is 5.30. The van der Waals surface area contributed by atoms with Crippen molar-refractivity contribution in [1.82, 2.24) is 5.16 Å². The van der Waals surface area contributed by atoms with E-state index in [1.165, 1.54) is 0 Å². The van der Waals surface area contributed by atoms with Crippen molar-refractivity contribution in [2.75, 3.05) is 0 Å². The van der Waals surface area contributed by atoms with Crippen molar-refractivity contribution >= 4 is 11.5 Å². The van der Waals surface area contributed by atoms with Crippen molar-refractivity contribution < 1.29 is 14.4 Å². The average Bonchev–Trinajstić information content (AvgIpc) is 2.94. The van der Waals surface area contributed by atoms with Crippen LogP contribution < -0.4 is 0 Å². The van der Waals surface area contributed by atoms with Gasteiger partial charge in [-0.15, -0.1) is 0 Å². The fourth-order valence-corrected chi connectivity index (χ4v) is 2.91. The number of carboxylic acid groups (broad SMARTS) is 1. The molecule has 22 heavy (non-hydrogen) atoms. The smallest absolute Gasteiger partial charge is 0.320 e. The van der Waals surface area contributed by atoms with E-state index in [2.05, 4.69) is 5.16 Å². The van der Waals surface area contributed by atoms with Gasteiger partial charge in [-0.2, -0.15) is 0 Å². The topological polar surface area (TPSA) is 63.3 Å². The van der Waals surface area contributed by atoms with Gasteiger partial charge in [0.05, 0.1) is 0 Å². The number of aryl methyl sites for hydroxylation is 1. The Balaban J connectivity index is 2.04. The molecule has 1 aromatic heterocycles. The molecule has 1 aliphatic rings. The summed E-state index contributed by atoms with van der Waals surface area (Å²) in [6.45, 7) is 3.73. The minimum Gasteiger partial charge on any atom is -0.480 e. The lowest BCUT2D eigenvalue weighted by atomic mass is 9.73. The van der Waals surface area contributed by atoms with Crippen LogP contribution >= 0.6 is 0 Å². The highest BCUT2D eigenvalue weighted by atomic mass is 16.5. The molecule has 1 N–H and O–H groups in total. The molecule has 1 aliphatic carbocycles. The molecule has 0 amide bonds. The van der Waals surface area contributed by atoms with E-state index in [4.69, 9.17) is 4.52 Å². The third-order valence-corrected chi connectivity index (χ3v) is 4.09. The second-order valence-corrected chi connectivity index (χ2v) is 5.67. The van der Waals surface area contributed by atoms with Crippen molar-refractivity contribution in [1.29, 1.82) is 0 Å². The van der Waals surface area contributed by atoms with Gasteiger partial charge in [-0.05, 0) is 31.4 Å². The quantitative estimate of drug-likeness (QED) is 0.937. The van der Waals surface area contributed by atoms with E-state index in [-0.39, 0.29) is 0 Å². The number of carbonyl (C=O) groups is 1. The molecule has 1 unspecified atom stereocenters. The molecule has 0 radical (unpaired) electrons. The summed E-state index contributed by atoms with van der Waals surface area (Å²) in [6, 6.07) is 11.7. The van der Waals surface area contributed by atoms with Gasteiger partial charge in [-0.1, -0.05) is 53.2 Å². The highest BCUT2D eigenvalue weighted by molar-refractivity contribution is 5.89. The Hall–Kier alpha value is -2.62. The third kappa shape index (κ3) is 2.26. The van der Waals surface area contributed by atoms with Gasteiger partial charge in [-0.3, -0.25) is 4.79 Å². The molecule has 0 saturated heterocycles. The molecule has 0 fully saturated rings. The molecule has 112 valence electrons. The summed E-state index contributed by atoms with van der Waals surface area (Å²) in [5, 5.41) is 13.7. The van der Waals surface area contributed by atoms with Crippen LogP contribution in [-0.4, -0.2) is 16.2 Å². The van der Waals surface area contributed by atoms with E-state index in [1.807, 2.05) is 43.3 Å². The predicted octanol–water partition coefficient (Wildman–Crippen LogP) is 3.74. The SMILES string of the molecule is CC1=C(c2ccccc2)C=CC(C(=O)O)(c2cc(C)on2)C1. The van der Waals surface area contributed by atoms with Crippen LogP contribution in [0.3, 0.4) is 0 Å². The third-order valence-electron chi connectivity index (χ3n) is 4.09. The Labute approximate surface area is 128 Å². The van der Waals surface area contributed by atoms with Crippen LogP contribution in [0, 0.1) is 6.92 Å². The number of hydrogen-bond donors (Lipinski definition) is 1. The molecule has 0 bridgehead atoms. The number of allylic oxidation sites excluding steroid dienone is 3. The summed E-state index contributed by atoms with van der Waals surface area (Å²) >= 11 is 0. The predicted molar refractivity (Wildman–Crippen MR) is 83.3 cm³/mol. The first-order valence-electron chi connectivity index (χ1n) is 7.14. The van der Waals surface area contributed by atoms with E-state index in [0.717, 1.165) is 16.7 Å². The van der Waals surface area contributed by atoms with E-state index >= 15 is 0 Å². The summed E-state index contributed by atoms with van der Waals surface area (Å²) in [5.74, 6) is -0.303. The first-order valence-corrected chi connectivity index (χ1v) is 7.14. The van der Waals surface area contributed by atoms with Gasteiger partial charge in [0.25, 0.3) is 0 Å². The highest BCUT2D eigenvalue weighted by Crippen LogP contribution is 2.40. The first-order chi connectivity index (χ1) is 10.5. The molecule has 1 aromatic carbocycles. The highest BCUT2D eigenvalue weighted by Gasteiger charge is 2.43. The van der Waals surface area contributed by atoms with Crippen molar-refractivity contribution in [2.24, 2.45) is 0 Å². The van der Waals surface area contributed by atoms with E-state index < -0.39 is 11.4 Å². The Morgan fingerprint density at radius 3 is 2.55 bits per heavy atom. The molecule has 1 heterocycles. The minimum absolute atomic E-state index is 0.384. The molecule has 1 atom stereocenters. The largest absolute Gasteiger partial charge is 0.480 e. The summed E-state index contributed by atoms with van der Waals surface area (Å²) in [7, 11) is 0. The van der Waals surface area contributed by atoms with Crippen LogP contribution in [0.2, 0.25) is 0 Å². The fourth-order valence-electron chi connectivity index (χ4n) is 2.91. The normalized spacial score (nSPS) is 21.2. The average molecular weight is 295 g/mol. The summed E-state index contributed by atoms with van der Waals surface area (Å²) < 4.78 is 5.08. The molecule has 2 aromatic rings. The van der Waals surface area contributed by atoms with Gasteiger partial charge in [0.15, 0.2) is 0 Å². The van der Waals surface area contributed by atoms with E-state index in [0.29, 0.717) is 17.9 Å². The molecule has 3 rings (SSSR count). The monoisotopic (exact) mass is 295 g/mol. The zero-order valence-electron chi connectivity index (χ0n) is 12.5. The molecule has 4 nitrogen and oxygen atoms in total. The van der Waals surface area contributed by atoms with Crippen molar-refractivity contribution in [2.45, 2.75) is 25.7 Å². The Morgan fingerprint density at radius 1 is 1.27 bits per heavy atom. The number of hydrogen-bond acceptors (Lipinski definition) is 3. The van der Waals surface area contributed by atoms with Gasteiger partial charge in [0.2, 0.25) is 0 Å². The number of aliphatic carboxylic acids is 1. The first kappa shape index (κ1) is 14.3. The van der Waals surface area contributed by atoms with Gasteiger partial charge in [-0.25, -0.2) is 0 Å². The van der Waals surface area contributed by atoms with Gasteiger partial charge in [0, 0.05) is 6.07 Å². The van der Waals surface area contributed by atoms with Gasteiger partial charge in [0.1, 0.15) is 16.9 Å². The van der Waals surface area contributed by atoms with Crippen molar-refractivity contribution in [3.05, 3.63) is 71.1 Å². The van der Waals surface area contributed by atoms with Crippen molar-refractivity contribution in [3.8, 4) is 0 Å². The van der Waals surface area contributed by atoms with Gasteiger partial charge < -0.3 is 9.63 Å². The van der Waals surface area contributed by atoms with Crippen LogP contribution in [0.25, 0.3) is 5.57 Å². The Bertz CT molecular complexity index is 771. The lowest BCUT2D eigenvalue weighted by molar-refractivity contribution is -0.142. The fraction of sp³-hybridized carbons (Fsp3) is 0.222. The minimum atomic E-state index is -1.15. The Kier molecular flexibility index (Phi) is 3.45. The van der Waals surface area contributed by atoms with Crippen LogP contribution in [0.5, 0.6) is 0 Å². The maximum Gasteiger partial charge on any atom is 0.320 e. The zero-order chi connectivity index (χ0) is 15.7. The maximum absolute atomic E-state index is 11.9. The lowest BCUT2D eigenvalue weighted by Crippen LogP contribution is -2.36. The van der Waals surface area contributed by atoms with E-state index in [1.54, 1.807) is 19.1 Å². The molecule has 0 aliphatic heterocycles. The summed E-state index contributed by atoms with van der Waals surface area (Å²) in [4.78, 5) is 11.9. The second-order valence-electron chi connectivity index (χ2n) is 5.67. The van der Waals surface area contributed by atoms with Crippen LogP contribution in [0.1, 0.15) is 30.4 Å². The molecule has 4 heteroatoms. The summed E-state index contributed by atoms with van der Waals surface area (Å²) in [6.07, 6.45) is 3.99. The number of carboxylic acids is 1. The number of nitrogens with zero attached hydrogens (tertiary/aromatic N) is 1. The number of benzene rings is 1.